The largest absolute Gasteiger partial charge is 0.389 e. The fraction of sp³-hybridized carbons (Fsp3) is 0.562. The molecule has 20 heavy (non-hydrogen) atoms. The Balaban J connectivity index is 1.69. The quantitative estimate of drug-likeness (QED) is 0.887. The fourth-order valence-electron chi connectivity index (χ4n) is 3.19. The molecule has 0 saturated carbocycles. The summed E-state index contributed by atoms with van der Waals surface area (Å²) in [6, 6.07) is 8.05. The first-order valence-electron chi connectivity index (χ1n) is 7.37. The van der Waals surface area contributed by atoms with Crippen molar-refractivity contribution in [3.63, 3.8) is 0 Å². The van der Waals surface area contributed by atoms with Crippen LogP contribution in [0.15, 0.2) is 24.3 Å². The Hall–Kier alpha value is -1.39. The lowest BCUT2D eigenvalue weighted by Gasteiger charge is -2.37. The first-order valence-corrected chi connectivity index (χ1v) is 7.37. The Bertz CT molecular complexity index is 507. The molecule has 4 heteroatoms. The zero-order chi connectivity index (χ0) is 14.2. The summed E-state index contributed by atoms with van der Waals surface area (Å²) in [7, 11) is 2.05. The topological polar surface area (TPSA) is 43.8 Å². The molecule has 1 aromatic rings. The molecule has 0 atom stereocenters. The highest BCUT2D eigenvalue weighted by molar-refractivity contribution is 5.96. The van der Waals surface area contributed by atoms with Crippen LogP contribution in [0, 0.1) is 0 Å². The number of fused-ring (bicyclic) bond motifs is 1. The van der Waals surface area contributed by atoms with Crippen LogP contribution in [0.2, 0.25) is 0 Å². The van der Waals surface area contributed by atoms with E-state index in [1.807, 2.05) is 23.1 Å². The van der Waals surface area contributed by atoms with Gasteiger partial charge in [-0.2, -0.15) is 0 Å². The second-order valence-corrected chi connectivity index (χ2v) is 6.13. The summed E-state index contributed by atoms with van der Waals surface area (Å²) < 4.78 is 0. The number of para-hydroxylation sites is 1. The number of hydrogen-bond donors (Lipinski definition) is 1. The van der Waals surface area contributed by atoms with Crippen LogP contribution in [0.5, 0.6) is 0 Å². The molecular formula is C16H22N2O2. The molecule has 0 aromatic heterocycles. The van der Waals surface area contributed by atoms with Gasteiger partial charge in [0.05, 0.1) is 12.0 Å². The molecule has 0 unspecified atom stereocenters. The number of benzene rings is 1. The highest BCUT2D eigenvalue weighted by Gasteiger charge is 2.36. The van der Waals surface area contributed by atoms with Crippen molar-refractivity contribution in [2.24, 2.45) is 0 Å². The van der Waals surface area contributed by atoms with Crippen LogP contribution < -0.4 is 4.90 Å². The lowest BCUT2D eigenvalue weighted by atomic mass is 9.88. The smallest absolute Gasteiger partial charge is 0.229 e. The molecule has 1 saturated heterocycles. The molecule has 0 aliphatic carbocycles. The van der Waals surface area contributed by atoms with Gasteiger partial charge in [0.15, 0.2) is 0 Å². The van der Waals surface area contributed by atoms with Gasteiger partial charge in [-0.1, -0.05) is 18.2 Å². The summed E-state index contributed by atoms with van der Waals surface area (Å²) in [5, 5.41) is 10.6. The zero-order valence-corrected chi connectivity index (χ0v) is 12.0. The average molecular weight is 274 g/mol. The summed E-state index contributed by atoms with van der Waals surface area (Å²) in [4.78, 5) is 16.6. The zero-order valence-electron chi connectivity index (χ0n) is 12.0. The van der Waals surface area contributed by atoms with Crippen molar-refractivity contribution in [3.05, 3.63) is 29.8 Å². The maximum Gasteiger partial charge on any atom is 0.229 e. The van der Waals surface area contributed by atoms with E-state index in [0.717, 1.165) is 31.7 Å². The lowest BCUT2D eigenvalue weighted by Crippen LogP contribution is -2.46. The Kier molecular flexibility index (Phi) is 3.52. The van der Waals surface area contributed by atoms with Gasteiger partial charge in [0.1, 0.15) is 0 Å². The van der Waals surface area contributed by atoms with Crippen molar-refractivity contribution in [1.29, 1.82) is 0 Å². The van der Waals surface area contributed by atoms with Crippen LogP contribution in [-0.2, 0) is 11.2 Å². The van der Waals surface area contributed by atoms with Crippen molar-refractivity contribution >= 4 is 11.6 Å². The van der Waals surface area contributed by atoms with Crippen LogP contribution in [0.25, 0.3) is 0 Å². The summed E-state index contributed by atoms with van der Waals surface area (Å²) in [5.74, 6) is 0.0574. The number of piperidine rings is 1. The normalized spacial score (nSPS) is 21.8. The second-order valence-electron chi connectivity index (χ2n) is 6.13. The van der Waals surface area contributed by atoms with E-state index in [2.05, 4.69) is 18.0 Å². The van der Waals surface area contributed by atoms with Gasteiger partial charge in [0, 0.05) is 25.3 Å². The fourth-order valence-corrected chi connectivity index (χ4v) is 3.19. The van der Waals surface area contributed by atoms with Gasteiger partial charge >= 0.3 is 0 Å². The van der Waals surface area contributed by atoms with Crippen LogP contribution in [-0.4, -0.2) is 48.2 Å². The van der Waals surface area contributed by atoms with Crippen molar-refractivity contribution in [1.82, 2.24) is 4.90 Å². The summed E-state index contributed by atoms with van der Waals surface area (Å²) in [6.45, 7) is 2.47. The van der Waals surface area contributed by atoms with Crippen LogP contribution in [0.1, 0.15) is 24.8 Å². The number of amides is 1. The maximum absolute atomic E-state index is 12.5. The number of aliphatic hydroxyl groups is 1. The van der Waals surface area contributed by atoms with Gasteiger partial charge in [-0.05, 0) is 37.9 Å². The molecule has 0 spiro atoms. The molecule has 1 aromatic carbocycles. The third-order valence-electron chi connectivity index (χ3n) is 4.59. The summed E-state index contributed by atoms with van der Waals surface area (Å²) >= 11 is 0. The first kappa shape index (κ1) is 13.6. The number of rotatable bonds is 2. The molecule has 108 valence electrons. The number of carbonyl (C=O) groups excluding carboxylic acids is 1. The summed E-state index contributed by atoms with van der Waals surface area (Å²) in [6.07, 6.45) is 2.54. The predicted octanol–water partition coefficient (Wildman–Crippen LogP) is 1.42. The molecule has 1 fully saturated rings. The van der Waals surface area contributed by atoms with E-state index in [-0.39, 0.29) is 12.3 Å². The van der Waals surface area contributed by atoms with E-state index >= 15 is 0 Å². The molecule has 1 amide bonds. The predicted molar refractivity (Wildman–Crippen MR) is 78.8 cm³/mol. The van der Waals surface area contributed by atoms with E-state index in [1.165, 1.54) is 5.56 Å². The number of nitrogens with zero attached hydrogens (tertiary/aromatic N) is 2. The van der Waals surface area contributed by atoms with E-state index < -0.39 is 5.60 Å². The Morgan fingerprint density at radius 2 is 1.95 bits per heavy atom. The van der Waals surface area contributed by atoms with Gasteiger partial charge in [0.25, 0.3) is 0 Å². The molecule has 0 bridgehead atoms. The first-order chi connectivity index (χ1) is 9.57. The number of anilines is 1. The van der Waals surface area contributed by atoms with Crippen LogP contribution in [0.3, 0.4) is 0 Å². The molecule has 2 aliphatic heterocycles. The van der Waals surface area contributed by atoms with E-state index in [9.17, 15) is 9.90 Å². The van der Waals surface area contributed by atoms with Crippen molar-refractivity contribution < 1.29 is 9.90 Å². The standard InChI is InChI=1S/C16H22N2O2/c1-17-10-7-16(20,8-11-17)12-15(19)18-9-6-13-4-2-3-5-14(13)18/h2-5,20H,6-12H2,1H3. The molecule has 1 N–H and O–H groups in total. The van der Waals surface area contributed by atoms with Gasteiger partial charge in [0.2, 0.25) is 5.91 Å². The van der Waals surface area contributed by atoms with Crippen molar-refractivity contribution in [2.75, 3.05) is 31.6 Å². The highest BCUT2D eigenvalue weighted by Crippen LogP contribution is 2.31. The van der Waals surface area contributed by atoms with E-state index in [4.69, 9.17) is 0 Å². The van der Waals surface area contributed by atoms with Gasteiger partial charge < -0.3 is 14.9 Å². The molecule has 2 heterocycles. The highest BCUT2D eigenvalue weighted by atomic mass is 16.3. The molecule has 4 nitrogen and oxygen atoms in total. The SMILES string of the molecule is CN1CCC(O)(CC(=O)N2CCc3ccccc32)CC1. The molecule has 0 radical (unpaired) electrons. The van der Waals surface area contributed by atoms with E-state index in [0.29, 0.717) is 12.8 Å². The number of carbonyl (C=O) groups is 1. The van der Waals surface area contributed by atoms with Crippen LogP contribution >= 0.6 is 0 Å². The molecule has 3 rings (SSSR count). The van der Waals surface area contributed by atoms with E-state index in [1.54, 1.807) is 0 Å². The average Bonchev–Trinajstić information content (AvgIpc) is 2.86. The molecular weight excluding hydrogens is 252 g/mol. The number of likely N-dealkylation sites (tertiary alicyclic amines) is 1. The Morgan fingerprint density at radius 3 is 2.70 bits per heavy atom. The lowest BCUT2D eigenvalue weighted by molar-refractivity contribution is -0.125. The van der Waals surface area contributed by atoms with Crippen LogP contribution in [0.4, 0.5) is 5.69 Å². The van der Waals surface area contributed by atoms with Gasteiger partial charge in [-0.15, -0.1) is 0 Å². The third-order valence-corrected chi connectivity index (χ3v) is 4.59. The van der Waals surface area contributed by atoms with Gasteiger partial charge in [-0.25, -0.2) is 0 Å². The van der Waals surface area contributed by atoms with Gasteiger partial charge in [-0.3, -0.25) is 4.79 Å². The minimum absolute atomic E-state index is 0.0574. The minimum Gasteiger partial charge on any atom is -0.389 e. The Morgan fingerprint density at radius 1 is 1.25 bits per heavy atom. The van der Waals surface area contributed by atoms with Crippen molar-refractivity contribution in [2.45, 2.75) is 31.3 Å². The maximum atomic E-state index is 12.5. The second kappa shape index (κ2) is 5.19. The number of hydrogen-bond acceptors (Lipinski definition) is 3. The summed E-state index contributed by atoms with van der Waals surface area (Å²) in [5.41, 5.74) is 1.44. The monoisotopic (exact) mass is 274 g/mol. The van der Waals surface area contributed by atoms with Crippen molar-refractivity contribution in [3.8, 4) is 0 Å². The Labute approximate surface area is 120 Å². The minimum atomic E-state index is -0.818. The third kappa shape index (κ3) is 2.58. The molecule has 2 aliphatic rings.